The summed E-state index contributed by atoms with van der Waals surface area (Å²) in [7, 11) is 1.54. The van der Waals surface area contributed by atoms with E-state index in [-0.39, 0.29) is 24.4 Å². The molecule has 7 nitrogen and oxygen atoms in total. The van der Waals surface area contributed by atoms with E-state index in [4.69, 9.17) is 14.2 Å². The van der Waals surface area contributed by atoms with E-state index in [0.717, 1.165) is 25.7 Å². The maximum Gasteiger partial charge on any atom is 0.573 e. The molecule has 0 atom stereocenters. The Bertz CT molecular complexity index is 729. The van der Waals surface area contributed by atoms with Gasteiger partial charge in [0.2, 0.25) is 0 Å². The zero-order valence-electron chi connectivity index (χ0n) is 19.0. The maximum absolute atomic E-state index is 12.6. The number of carbonyl (C=O) groups excluding carboxylic acids is 1. The van der Waals surface area contributed by atoms with Crippen molar-refractivity contribution in [1.82, 2.24) is 10.6 Å². The highest BCUT2D eigenvalue weighted by Crippen LogP contribution is 2.29. The second kappa shape index (κ2) is 11.6. The lowest BCUT2D eigenvalue weighted by Crippen LogP contribution is -2.43. The van der Waals surface area contributed by atoms with E-state index in [0.29, 0.717) is 24.5 Å². The van der Waals surface area contributed by atoms with Gasteiger partial charge in [-0.25, -0.2) is 4.79 Å². The first-order chi connectivity index (χ1) is 14.9. The minimum Gasteiger partial charge on any atom is -0.491 e. The molecule has 1 aromatic carbocycles. The van der Waals surface area contributed by atoms with Crippen molar-refractivity contribution >= 4 is 6.09 Å². The number of carbonyl (C=O) groups is 1. The van der Waals surface area contributed by atoms with Crippen molar-refractivity contribution in [3.05, 3.63) is 23.8 Å². The molecule has 32 heavy (non-hydrogen) atoms. The normalized spacial score (nSPS) is 19.3. The van der Waals surface area contributed by atoms with Gasteiger partial charge in [0.25, 0.3) is 0 Å². The predicted molar refractivity (Wildman–Crippen MR) is 113 cm³/mol. The first-order valence-electron chi connectivity index (χ1n) is 10.7. The number of benzene rings is 1. The molecule has 1 aliphatic carbocycles. The number of alkyl carbamates (subject to hydrolysis) is 1. The van der Waals surface area contributed by atoms with Gasteiger partial charge in [0.15, 0.2) is 0 Å². The highest BCUT2D eigenvalue weighted by atomic mass is 19.4. The summed E-state index contributed by atoms with van der Waals surface area (Å²) < 4.78 is 57.7. The average Bonchev–Trinajstić information content (AvgIpc) is 2.66. The number of halogens is 3. The van der Waals surface area contributed by atoms with Crippen LogP contribution in [-0.4, -0.2) is 50.5 Å². The molecular weight excluding hydrogens is 429 g/mol. The van der Waals surface area contributed by atoms with E-state index in [1.807, 2.05) is 20.8 Å². The summed E-state index contributed by atoms with van der Waals surface area (Å²) in [6.45, 7) is 6.42. The molecule has 0 saturated heterocycles. The Morgan fingerprint density at radius 1 is 1.06 bits per heavy atom. The number of ether oxygens (including phenoxy) is 4. The lowest BCUT2D eigenvalue weighted by atomic mass is 9.91. The van der Waals surface area contributed by atoms with Crippen LogP contribution < -0.4 is 20.1 Å². The lowest BCUT2D eigenvalue weighted by Gasteiger charge is -2.30. The highest BCUT2D eigenvalue weighted by molar-refractivity contribution is 5.68. The number of nitrogens with one attached hydrogen (secondary N) is 2. The molecule has 1 aliphatic rings. The first-order valence-corrected chi connectivity index (χ1v) is 10.7. The third-order valence-corrected chi connectivity index (χ3v) is 4.84. The van der Waals surface area contributed by atoms with Gasteiger partial charge in [-0.15, -0.1) is 13.2 Å². The summed E-state index contributed by atoms with van der Waals surface area (Å²) in [4.78, 5) is 11.9. The van der Waals surface area contributed by atoms with E-state index in [2.05, 4.69) is 15.4 Å². The zero-order valence-corrected chi connectivity index (χ0v) is 19.0. The molecule has 0 bridgehead atoms. The molecule has 0 aliphatic heterocycles. The largest absolute Gasteiger partial charge is 0.573 e. The van der Waals surface area contributed by atoms with Crippen LogP contribution in [0.25, 0.3) is 0 Å². The van der Waals surface area contributed by atoms with Crippen LogP contribution in [0.15, 0.2) is 18.2 Å². The molecule has 1 fully saturated rings. The number of hydrogen-bond donors (Lipinski definition) is 2. The molecule has 1 saturated carbocycles. The van der Waals surface area contributed by atoms with Gasteiger partial charge >= 0.3 is 12.5 Å². The van der Waals surface area contributed by atoms with Gasteiger partial charge in [-0.1, -0.05) is 0 Å². The summed E-state index contributed by atoms with van der Waals surface area (Å²) in [5.41, 5.74) is 0.0211. The fourth-order valence-electron chi connectivity index (χ4n) is 3.44. The molecule has 2 rings (SSSR count). The quantitative estimate of drug-likeness (QED) is 0.525. The van der Waals surface area contributed by atoms with Crippen molar-refractivity contribution in [1.29, 1.82) is 0 Å². The molecule has 2 N–H and O–H groups in total. The van der Waals surface area contributed by atoms with Gasteiger partial charge in [0, 0.05) is 31.3 Å². The Balaban J connectivity index is 1.90. The second-order valence-corrected chi connectivity index (χ2v) is 8.73. The third kappa shape index (κ3) is 9.95. The summed E-state index contributed by atoms with van der Waals surface area (Å²) in [5, 5.41) is 6.27. The summed E-state index contributed by atoms with van der Waals surface area (Å²) in [6, 6.07) is 4.24. The van der Waals surface area contributed by atoms with Crippen LogP contribution in [0.3, 0.4) is 0 Å². The fourth-order valence-corrected chi connectivity index (χ4v) is 3.44. The van der Waals surface area contributed by atoms with Gasteiger partial charge in [-0.2, -0.15) is 0 Å². The van der Waals surface area contributed by atoms with Crippen molar-refractivity contribution < 1.29 is 36.9 Å². The van der Waals surface area contributed by atoms with Crippen molar-refractivity contribution in [2.45, 2.75) is 77.0 Å². The van der Waals surface area contributed by atoms with Gasteiger partial charge < -0.3 is 29.6 Å². The van der Waals surface area contributed by atoms with Crippen molar-refractivity contribution in [2.75, 3.05) is 20.3 Å². The van der Waals surface area contributed by atoms with E-state index in [9.17, 15) is 18.0 Å². The minimum absolute atomic E-state index is 0.0411. The van der Waals surface area contributed by atoms with Crippen LogP contribution in [0.2, 0.25) is 0 Å². The number of amides is 1. The SMILES string of the molecule is COCCOc1ccc(OC(F)(F)F)cc1CNC1CCC(NC(=O)OC(C)(C)C)CC1. The Kier molecular flexibility index (Phi) is 9.45. The van der Waals surface area contributed by atoms with Gasteiger partial charge in [-0.3, -0.25) is 0 Å². The molecule has 182 valence electrons. The van der Waals surface area contributed by atoms with Crippen LogP contribution in [0, 0.1) is 0 Å². The first kappa shape index (κ1) is 26.1. The lowest BCUT2D eigenvalue weighted by molar-refractivity contribution is -0.274. The van der Waals surface area contributed by atoms with Crippen molar-refractivity contribution in [3.63, 3.8) is 0 Å². The van der Waals surface area contributed by atoms with Crippen LogP contribution >= 0.6 is 0 Å². The van der Waals surface area contributed by atoms with Crippen LogP contribution in [0.5, 0.6) is 11.5 Å². The Morgan fingerprint density at radius 3 is 2.31 bits per heavy atom. The van der Waals surface area contributed by atoms with Gasteiger partial charge in [-0.05, 0) is 64.7 Å². The van der Waals surface area contributed by atoms with E-state index < -0.39 is 18.1 Å². The predicted octanol–water partition coefficient (Wildman–Crippen LogP) is 4.54. The fraction of sp³-hybridized carbons (Fsp3) is 0.682. The van der Waals surface area contributed by atoms with E-state index in [1.54, 1.807) is 7.11 Å². The van der Waals surface area contributed by atoms with Crippen LogP contribution in [0.1, 0.15) is 52.0 Å². The number of alkyl halides is 3. The Hall–Kier alpha value is -2.20. The highest BCUT2D eigenvalue weighted by Gasteiger charge is 2.31. The van der Waals surface area contributed by atoms with Crippen molar-refractivity contribution in [2.24, 2.45) is 0 Å². The van der Waals surface area contributed by atoms with Crippen molar-refractivity contribution in [3.8, 4) is 11.5 Å². The van der Waals surface area contributed by atoms with Crippen LogP contribution in [-0.2, 0) is 16.0 Å². The van der Waals surface area contributed by atoms with E-state index >= 15 is 0 Å². The topological polar surface area (TPSA) is 78.0 Å². The molecule has 1 aromatic rings. The standard InChI is InChI=1S/C22H33F3N2O5/c1-21(2,3)32-20(28)27-17-7-5-16(6-8-17)26-14-15-13-18(31-22(23,24)25)9-10-19(15)30-12-11-29-4/h9-10,13,16-17,26H,5-8,11-12,14H2,1-4H3,(H,27,28). The summed E-state index contributed by atoms with van der Waals surface area (Å²) in [6.07, 6.45) is -1.98. The minimum atomic E-state index is -4.76. The Morgan fingerprint density at radius 2 is 1.72 bits per heavy atom. The van der Waals surface area contributed by atoms with Gasteiger partial charge in [0.05, 0.1) is 6.61 Å². The summed E-state index contributed by atoms with van der Waals surface area (Å²) >= 11 is 0. The van der Waals surface area contributed by atoms with E-state index in [1.165, 1.54) is 18.2 Å². The molecule has 1 amide bonds. The number of methoxy groups -OCH3 is 1. The number of hydrogen-bond acceptors (Lipinski definition) is 6. The Labute approximate surface area is 186 Å². The second-order valence-electron chi connectivity index (χ2n) is 8.73. The molecule has 0 aromatic heterocycles. The molecule has 0 unspecified atom stereocenters. The van der Waals surface area contributed by atoms with Crippen LogP contribution in [0.4, 0.5) is 18.0 Å². The molecule has 10 heteroatoms. The zero-order chi connectivity index (χ0) is 23.8. The molecular formula is C22H33F3N2O5. The maximum atomic E-state index is 12.6. The smallest absolute Gasteiger partial charge is 0.491 e. The number of rotatable bonds is 9. The third-order valence-electron chi connectivity index (χ3n) is 4.84. The average molecular weight is 463 g/mol. The monoisotopic (exact) mass is 462 g/mol. The molecule has 0 spiro atoms. The van der Waals surface area contributed by atoms with Gasteiger partial charge in [0.1, 0.15) is 23.7 Å². The molecule has 0 heterocycles. The molecule has 0 radical (unpaired) electrons. The summed E-state index contributed by atoms with van der Waals surface area (Å²) in [5.74, 6) is 0.183.